The fraction of sp³-hybridized carbons (Fsp3) is 0.118. The lowest BCUT2D eigenvalue weighted by Gasteiger charge is -2.12. The van der Waals surface area contributed by atoms with Crippen molar-refractivity contribution in [2.75, 3.05) is 17.1 Å². The molecule has 2 aromatic carbocycles. The summed E-state index contributed by atoms with van der Waals surface area (Å²) in [4.78, 5) is 12.6. The van der Waals surface area contributed by atoms with Crippen molar-refractivity contribution >= 4 is 38.8 Å². The minimum Gasteiger partial charge on any atom is -0.495 e. The molecule has 1 aromatic heterocycles. The Morgan fingerprint density at radius 2 is 1.93 bits per heavy atom. The molecule has 0 saturated heterocycles. The Morgan fingerprint density at radius 1 is 1.15 bits per heavy atom. The van der Waals surface area contributed by atoms with Crippen LogP contribution in [-0.2, 0) is 10.0 Å². The summed E-state index contributed by atoms with van der Waals surface area (Å²) in [5, 5.41) is 6.45. The number of hydrogen-bond acceptors (Lipinski definition) is 7. The summed E-state index contributed by atoms with van der Waals surface area (Å²) in [6.45, 7) is 1.68. The van der Waals surface area contributed by atoms with Crippen molar-refractivity contribution in [1.29, 1.82) is 0 Å². The number of hydrogen-bond donors (Lipinski definition) is 2. The van der Waals surface area contributed by atoms with Crippen molar-refractivity contribution in [3.8, 4) is 5.75 Å². The molecular weight excluding hydrogens is 388 g/mol. The number of rotatable bonds is 6. The Labute approximate surface area is 160 Å². The number of anilines is 2. The molecule has 0 bridgehead atoms. The number of aryl methyl sites for hydroxylation is 1. The summed E-state index contributed by atoms with van der Waals surface area (Å²) in [6, 6.07) is 12.6. The van der Waals surface area contributed by atoms with E-state index in [1.165, 1.54) is 19.2 Å². The molecule has 0 aliphatic rings. The quantitative estimate of drug-likeness (QED) is 0.654. The van der Waals surface area contributed by atoms with Crippen LogP contribution in [0, 0.1) is 6.92 Å². The molecule has 1 amide bonds. The molecule has 2 N–H and O–H groups in total. The van der Waals surface area contributed by atoms with E-state index in [0.717, 1.165) is 11.5 Å². The van der Waals surface area contributed by atoms with Crippen LogP contribution in [0.15, 0.2) is 53.4 Å². The summed E-state index contributed by atoms with van der Waals surface area (Å²) in [5.74, 6) is 0.00781. The van der Waals surface area contributed by atoms with Crippen LogP contribution < -0.4 is 14.8 Å². The maximum atomic E-state index is 12.7. The average molecular weight is 404 g/mol. The number of aromatic nitrogens is 2. The number of carbonyl (C=O) groups excluding carboxylic acids is 1. The van der Waals surface area contributed by atoms with Crippen LogP contribution in [0.4, 0.5) is 11.4 Å². The monoisotopic (exact) mass is 404 g/mol. The van der Waals surface area contributed by atoms with Gasteiger partial charge >= 0.3 is 0 Å². The van der Waals surface area contributed by atoms with Crippen molar-refractivity contribution in [2.45, 2.75) is 11.8 Å². The van der Waals surface area contributed by atoms with E-state index in [-0.39, 0.29) is 4.90 Å². The standard InChI is InChI=1S/C17H16N4O4S2/c1-11-16(26-21-19-11)17(22)18-12-6-5-7-13(10-12)27(23,24)20-14-8-3-4-9-15(14)25-2/h3-10,20H,1-2H3,(H,18,22). The van der Waals surface area contributed by atoms with Gasteiger partial charge in [-0.2, -0.15) is 0 Å². The van der Waals surface area contributed by atoms with Gasteiger partial charge in [-0.25, -0.2) is 8.42 Å². The van der Waals surface area contributed by atoms with E-state index in [0.29, 0.717) is 27.7 Å². The Balaban J connectivity index is 1.84. The van der Waals surface area contributed by atoms with E-state index in [1.807, 2.05) is 0 Å². The molecule has 0 aliphatic carbocycles. The second kappa shape index (κ2) is 7.72. The lowest BCUT2D eigenvalue weighted by atomic mass is 10.3. The molecule has 3 aromatic rings. The van der Waals surface area contributed by atoms with E-state index in [1.54, 1.807) is 43.3 Å². The van der Waals surface area contributed by atoms with Gasteiger partial charge in [-0.3, -0.25) is 9.52 Å². The second-order valence-corrected chi connectivity index (χ2v) is 7.91. The highest BCUT2D eigenvalue weighted by molar-refractivity contribution is 7.92. The molecule has 27 heavy (non-hydrogen) atoms. The van der Waals surface area contributed by atoms with Crippen molar-refractivity contribution in [3.05, 3.63) is 59.1 Å². The van der Waals surface area contributed by atoms with E-state index < -0.39 is 15.9 Å². The van der Waals surface area contributed by atoms with E-state index >= 15 is 0 Å². The molecular formula is C17H16N4O4S2. The smallest absolute Gasteiger partial charge is 0.269 e. The van der Waals surface area contributed by atoms with Crippen LogP contribution in [0.25, 0.3) is 0 Å². The number of para-hydroxylation sites is 2. The van der Waals surface area contributed by atoms with Crippen LogP contribution in [0.2, 0.25) is 0 Å². The topological polar surface area (TPSA) is 110 Å². The maximum Gasteiger partial charge on any atom is 0.269 e. The summed E-state index contributed by atoms with van der Waals surface area (Å²) in [7, 11) is -2.41. The molecule has 0 saturated carbocycles. The molecule has 0 aliphatic heterocycles. The molecule has 1 heterocycles. The van der Waals surface area contributed by atoms with Crippen molar-refractivity contribution in [3.63, 3.8) is 0 Å². The van der Waals surface area contributed by atoms with Gasteiger partial charge in [0, 0.05) is 5.69 Å². The van der Waals surface area contributed by atoms with Gasteiger partial charge in [0.2, 0.25) is 0 Å². The normalized spacial score (nSPS) is 11.0. The first-order valence-corrected chi connectivity index (χ1v) is 10.0. The van der Waals surface area contributed by atoms with Gasteiger partial charge in [0.1, 0.15) is 10.6 Å². The largest absolute Gasteiger partial charge is 0.495 e. The first-order chi connectivity index (χ1) is 12.9. The molecule has 0 unspecified atom stereocenters. The number of carbonyl (C=O) groups is 1. The summed E-state index contributed by atoms with van der Waals surface area (Å²) < 4.78 is 36.8. The van der Waals surface area contributed by atoms with Crippen molar-refractivity contribution in [1.82, 2.24) is 9.59 Å². The zero-order valence-electron chi connectivity index (χ0n) is 14.5. The van der Waals surface area contributed by atoms with Crippen molar-refractivity contribution in [2.24, 2.45) is 0 Å². The third-order valence-electron chi connectivity index (χ3n) is 3.61. The van der Waals surface area contributed by atoms with Crippen LogP contribution in [0.1, 0.15) is 15.4 Å². The summed E-state index contributed by atoms with van der Waals surface area (Å²) in [6.07, 6.45) is 0. The molecule has 140 valence electrons. The number of benzene rings is 2. The lowest BCUT2D eigenvalue weighted by Crippen LogP contribution is -2.15. The van der Waals surface area contributed by atoms with E-state index in [2.05, 4.69) is 19.6 Å². The number of amides is 1. The zero-order chi connectivity index (χ0) is 19.4. The Kier molecular flexibility index (Phi) is 5.38. The maximum absolute atomic E-state index is 12.7. The Bertz CT molecular complexity index is 1080. The summed E-state index contributed by atoms with van der Waals surface area (Å²) >= 11 is 0.975. The highest BCUT2D eigenvalue weighted by Crippen LogP contribution is 2.27. The van der Waals surface area contributed by atoms with Gasteiger partial charge in [-0.05, 0) is 48.8 Å². The minimum absolute atomic E-state index is 0.00496. The SMILES string of the molecule is COc1ccccc1NS(=O)(=O)c1cccc(NC(=O)c2snnc2C)c1. The van der Waals surface area contributed by atoms with Gasteiger partial charge in [0.15, 0.2) is 0 Å². The lowest BCUT2D eigenvalue weighted by molar-refractivity contribution is 0.102. The second-order valence-electron chi connectivity index (χ2n) is 5.48. The molecule has 10 heteroatoms. The fourth-order valence-electron chi connectivity index (χ4n) is 2.30. The summed E-state index contributed by atoms with van der Waals surface area (Å²) in [5.41, 5.74) is 1.18. The molecule has 0 spiro atoms. The molecule has 8 nitrogen and oxygen atoms in total. The van der Waals surface area contributed by atoms with Gasteiger partial charge in [0.25, 0.3) is 15.9 Å². The third-order valence-corrected chi connectivity index (χ3v) is 5.80. The van der Waals surface area contributed by atoms with Crippen LogP contribution in [0.3, 0.4) is 0 Å². The van der Waals surface area contributed by atoms with E-state index in [4.69, 9.17) is 4.74 Å². The predicted molar refractivity (Wildman–Crippen MR) is 103 cm³/mol. The average Bonchev–Trinajstić information content (AvgIpc) is 3.08. The number of sulfonamides is 1. The number of nitrogens with one attached hydrogen (secondary N) is 2. The Hall–Kier alpha value is -2.98. The van der Waals surface area contributed by atoms with Gasteiger partial charge in [0.05, 0.1) is 23.4 Å². The van der Waals surface area contributed by atoms with Crippen LogP contribution >= 0.6 is 11.5 Å². The van der Waals surface area contributed by atoms with E-state index in [9.17, 15) is 13.2 Å². The van der Waals surface area contributed by atoms with Crippen LogP contribution in [0.5, 0.6) is 5.75 Å². The van der Waals surface area contributed by atoms with Crippen LogP contribution in [-0.4, -0.2) is 31.0 Å². The Morgan fingerprint density at radius 3 is 2.63 bits per heavy atom. The molecule has 0 radical (unpaired) electrons. The van der Waals surface area contributed by atoms with Gasteiger partial charge in [-0.1, -0.05) is 22.7 Å². The fourth-order valence-corrected chi connectivity index (χ4v) is 3.97. The zero-order valence-corrected chi connectivity index (χ0v) is 16.1. The number of methoxy groups -OCH3 is 1. The number of ether oxygens (including phenoxy) is 1. The van der Waals surface area contributed by atoms with Gasteiger partial charge in [-0.15, -0.1) is 5.10 Å². The molecule has 0 atom stereocenters. The third kappa shape index (κ3) is 4.23. The minimum atomic E-state index is -3.87. The first kappa shape index (κ1) is 18.8. The molecule has 3 rings (SSSR count). The number of nitrogens with zero attached hydrogens (tertiary/aromatic N) is 2. The highest BCUT2D eigenvalue weighted by atomic mass is 32.2. The van der Waals surface area contributed by atoms with Gasteiger partial charge < -0.3 is 10.1 Å². The highest BCUT2D eigenvalue weighted by Gasteiger charge is 2.18. The first-order valence-electron chi connectivity index (χ1n) is 7.77. The molecule has 0 fully saturated rings. The predicted octanol–water partition coefficient (Wildman–Crippen LogP) is 2.91. The van der Waals surface area contributed by atoms with Crippen molar-refractivity contribution < 1.29 is 17.9 Å².